The number of aryl methyl sites for hydroxylation is 3. The van der Waals surface area contributed by atoms with E-state index in [4.69, 9.17) is 0 Å². The molecule has 0 aliphatic carbocycles. The predicted molar refractivity (Wildman–Crippen MR) is 66.6 cm³/mol. The molecule has 2 aromatic rings. The van der Waals surface area contributed by atoms with Gasteiger partial charge in [-0.25, -0.2) is 4.98 Å². The first-order valence-corrected chi connectivity index (χ1v) is 5.56. The molecule has 2 heteroatoms. The van der Waals surface area contributed by atoms with Gasteiger partial charge in [0.25, 0.3) is 0 Å². The zero-order chi connectivity index (χ0) is 11.9. The minimum atomic E-state index is -0.511. The van der Waals surface area contributed by atoms with Crippen LogP contribution in [0.5, 0.6) is 0 Å². The molecule has 2 nitrogen and oxygen atoms in total. The second-order valence-electron chi connectivity index (χ2n) is 4.44. The quantitative estimate of drug-likeness (QED) is 0.792. The van der Waals surface area contributed by atoms with Crippen LogP contribution in [0.1, 0.15) is 35.4 Å². The van der Waals surface area contributed by atoms with Crippen LogP contribution >= 0.6 is 0 Å². The van der Waals surface area contributed by atoms with Crippen LogP contribution in [0.2, 0.25) is 0 Å². The van der Waals surface area contributed by atoms with Gasteiger partial charge in [0.15, 0.2) is 0 Å². The number of hydrogen-bond donors (Lipinski definition) is 1. The normalized spacial score (nSPS) is 13.1. The maximum Gasteiger partial charge on any atom is 0.0932 e. The molecule has 0 amide bonds. The summed E-state index contributed by atoms with van der Waals surface area (Å²) in [5.41, 5.74) is 5.36. The first-order valence-electron chi connectivity index (χ1n) is 5.56. The lowest BCUT2D eigenvalue weighted by atomic mass is 10.0. The fourth-order valence-electron chi connectivity index (χ4n) is 1.94. The van der Waals surface area contributed by atoms with Crippen molar-refractivity contribution in [3.05, 3.63) is 40.6 Å². The summed E-state index contributed by atoms with van der Waals surface area (Å²) in [4.78, 5) is 4.55. The van der Waals surface area contributed by atoms with Crippen LogP contribution < -0.4 is 0 Å². The van der Waals surface area contributed by atoms with Crippen molar-refractivity contribution in [2.24, 2.45) is 0 Å². The Labute approximate surface area is 96.0 Å². The summed E-state index contributed by atoms with van der Waals surface area (Å²) < 4.78 is 0. The number of aliphatic hydroxyl groups is 1. The van der Waals surface area contributed by atoms with Crippen molar-refractivity contribution in [1.29, 1.82) is 0 Å². The SMILES string of the molecule is Cc1ccc2c(C)cc(C(C)O)nc2c1C. The first kappa shape index (κ1) is 11.1. The molecule has 0 aliphatic heterocycles. The summed E-state index contributed by atoms with van der Waals surface area (Å²) in [5.74, 6) is 0. The molecule has 0 saturated heterocycles. The van der Waals surface area contributed by atoms with Crippen molar-refractivity contribution >= 4 is 10.9 Å². The summed E-state index contributed by atoms with van der Waals surface area (Å²) in [6.45, 7) is 7.97. The van der Waals surface area contributed by atoms with Crippen LogP contribution in [0.4, 0.5) is 0 Å². The van der Waals surface area contributed by atoms with Gasteiger partial charge in [-0.1, -0.05) is 12.1 Å². The molecule has 0 saturated carbocycles. The third-order valence-electron chi connectivity index (χ3n) is 3.16. The molecule has 0 aliphatic rings. The topological polar surface area (TPSA) is 33.1 Å². The zero-order valence-electron chi connectivity index (χ0n) is 10.2. The van der Waals surface area contributed by atoms with Crippen molar-refractivity contribution in [3.63, 3.8) is 0 Å². The third kappa shape index (κ3) is 1.69. The van der Waals surface area contributed by atoms with E-state index in [1.54, 1.807) is 6.92 Å². The Kier molecular flexibility index (Phi) is 2.68. The van der Waals surface area contributed by atoms with Crippen LogP contribution in [0.3, 0.4) is 0 Å². The first-order chi connectivity index (χ1) is 7.50. The lowest BCUT2D eigenvalue weighted by Gasteiger charge is -2.11. The van der Waals surface area contributed by atoms with Crippen molar-refractivity contribution in [3.8, 4) is 0 Å². The van der Waals surface area contributed by atoms with E-state index in [1.165, 1.54) is 22.1 Å². The highest BCUT2D eigenvalue weighted by molar-refractivity contribution is 5.85. The van der Waals surface area contributed by atoms with Gasteiger partial charge in [0.05, 0.1) is 17.3 Å². The maximum atomic E-state index is 9.61. The highest BCUT2D eigenvalue weighted by Gasteiger charge is 2.09. The van der Waals surface area contributed by atoms with E-state index >= 15 is 0 Å². The zero-order valence-corrected chi connectivity index (χ0v) is 10.2. The number of hydrogen-bond acceptors (Lipinski definition) is 2. The van der Waals surface area contributed by atoms with Gasteiger partial charge < -0.3 is 5.11 Å². The molecule has 1 unspecified atom stereocenters. The molecule has 1 aromatic heterocycles. The molecule has 1 aromatic carbocycles. The average Bonchev–Trinajstić information content (AvgIpc) is 2.23. The lowest BCUT2D eigenvalue weighted by Crippen LogP contribution is -1.99. The number of pyridine rings is 1. The number of rotatable bonds is 1. The van der Waals surface area contributed by atoms with E-state index in [1.807, 2.05) is 6.07 Å². The van der Waals surface area contributed by atoms with Gasteiger partial charge in [-0.05, 0) is 50.5 Å². The molecule has 1 atom stereocenters. The standard InChI is InChI=1S/C14H17NO/c1-8-5-6-12-9(2)7-13(11(4)16)15-14(12)10(8)3/h5-7,11,16H,1-4H3. The molecule has 0 fully saturated rings. The Hall–Kier alpha value is -1.41. The van der Waals surface area contributed by atoms with E-state index in [-0.39, 0.29) is 0 Å². The molecule has 1 heterocycles. The molecule has 0 spiro atoms. The number of aliphatic hydroxyl groups excluding tert-OH is 1. The van der Waals surface area contributed by atoms with Crippen LogP contribution in [0.15, 0.2) is 18.2 Å². The van der Waals surface area contributed by atoms with Crippen LogP contribution in [-0.4, -0.2) is 10.1 Å². The summed E-state index contributed by atoms with van der Waals surface area (Å²) in [6, 6.07) is 6.18. The highest BCUT2D eigenvalue weighted by Crippen LogP contribution is 2.25. The number of benzene rings is 1. The lowest BCUT2D eigenvalue weighted by molar-refractivity contribution is 0.194. The molecule has 16 heavy (non-hydrogen) atoms. The predicted octanol–water partition coefficient (Wildman–Crippen LogP) is 3.21. The summed E-state index contributed by atoms with van der Waals surface area (Å²) in [6.07, 6.45) is -0.511. The van der Waals surface area contributed by atoms with Gasteiger partial charge in [-0.15, -0.1) is 0 Å². The third-order valence-corrected chi connectivity index (χ3v) is 3.16. The van der Waals surface area contributed by atoms with Crippen molar-refractivity contribution < 1.29 is 5.11 Å². The number of aromatic nitrogens is 1. The summed E-state index contributed by atoms with van der Waals surface area (Å²) >= 11 is 0. The second kappa shape index (κ2) is 3.87. The average molecular weight is 215 g/mol. The van der Waals surface area contributed by atoms with Crippen LogP contribution in [-0.2, 0) is 0 Å². The Balaban J connectivity index is 2.83. The molecule has 0 radical (unpaired) electrons. The Bertz CT molecular complexity index is 544. The molecular weight excluding hydrogens is 198 g/mol. The van der Waals surface area contributed by atoms with Gasteiger partial charge >= 0.3 is 0 Å². The number of fused-ring (bicyclic) bond motifs is 1. The summed E-state index contributed by atoms with van der Waals surface area (Å²) in [7, 11) is 0. The second-order valence-corrected chi connectivity index (χ2v) is 4.44. The minimum Gasteiger partial charge on any atom is -0.387 e. The van der Waals surface area contributed by atoms with Crippen LogP contribution in [0, 0.1) is 20.8 Å². The summed E-state index contributed by atoms with van der Waals surface area (Å²) in [5, 5.41) is 10.8. The van der Waals surface area contributed by atoms with Crippen molar-refractivity contribution in [2.45, 2.75) is 33.8 Å². The van der Waals surface area contributed by atoms with Gasteiger partial charge in [-0.2, -0.15) is 0 Å². The Morgan fingerprint density at radius 2 is 1.81 bits per heavy atom. The highest BCUT2D eigenvalue weighted by atomic mass is 16.3. The molecule has 0 bridgehead atoms. The van der Waals surface area contributed by atoms with Gasteiger partial charge in [-0.3, -0.25) is 0 Å². The molecule has 84 valence electrons. The van der Waals surface area contributed by atoms with Crippen molar-refractivity contribution in [1.82, 2.24) is 4.98 Å². The van der Waals surface area contributed by atoms with Crippen LogP contribution in [0.25, 0.3) is 10.9 Å². The molecule has 2 rings (SSSR count). The van der Waals surface area contributed by atoms with E-state index in [0.717, 1.165) is 11.2 Å². The minimum absolute atomic E-state index is 0.511. The maximum absolute atomic E-state index is 9.61. The van der Waals surface area contributed by atoms with Gasteiger partial charge in [0.1, 0.15) is 0 Å². The molecule has 1 N–H and O–H groups in total. The molecular formula is C14H17NO. The Morgan fingerprint density at radius 1 is 1.12 bits per heavy atom. The van der Waals surface area contributed by atoms with E-state index in [0.29, 0.717) is 0 Å². The monoisotopic (exact) mass is 215 g/mol. The fraction of sp³-hybridized carbons (Fsp3) is 0.357. The van der Waals surface area contributed by atoms with Gasteiger partial charge in [0.2, 0.25) is 0 Å². The largest absolute Gasteiger partial charge is 0.387 e. The van der Waals surface area contributed by atoms with Crippen molar-refractivity contribution in [2.75, 3.05) is 0 Å². The van der Waals surface area contributed by atoms with Gasteiger partial charge in [0, 0.05) is 5.39 Å². The fourth-order valence-corrected chi connectivity index (χ4v) is 1.94. The van der Waals surface area contributed by atoms with E-state index in [9.17, 15) is 5.11 Å². The van der Waals surface area contributed by atoms with E-state index in [2.05, 4.69) is 37.9 Å². The van der Waals surface area contributed by atoms with E-state index < -0.39 is 6.10 Å². The number of nitrogens with zero attached hydrogens (tertiary/aromatic N) is 1. The smallest absolute Gasteiger partial charge is 0.0932 e. The Morgan fingerprint density at radius 3 is 2.44 bits per heavy atom.